The maximum absolute atomic E-state index is 12.7. The lowest BCUT2D eigenvalue weighted by Crippen LogP contribution is -2.49. The number of rotatable bonds is 7. The summed E-state index contributed by atoms with van der Waals surface area (Å²) >= 11 is 0. The highest BCUT2D eigenvalue weighted by molar-refractivity contribution is 5.93. The predicted molar refractivity (Wildman–Crippen MR) is 114 cm³/mol. The zero-order chi connectivity index (χ0) is 19.9. The van der Waals surface area contributed by atoms with Crippen LogP contribution in [-0.2, 0) is 4.79 Å². The predicted octanol–water partition coefficient (Wildman–Crippen LogP) is 4.26. The molecule has 1 fully saturated rings. The van der Waals surface area contributed by atoms with Crippen LogP contribution in [0.3, 0.4) is 0 Å². The van der Waals surface area contributed by atoms with Crippen LogP contribution in [0, 0.1) is 5.92 Å². The van der Waals surface area contributed by atoms with Crippen LogP contribution in [0.25, 0.3) is 0 Å². The zero-order valence-corrected chi connectivity index (χ0v) is 17.0. The molecule has 0 aromatic heterocycles. The second kappa shape index (κ2) is 9.85. The van der Waals surface area contributed by atoms with Crippen molar-refractivity contribution >= 4 is 11.6 Å². The number of hydrogen-bond donors (Lipinski definition) is 1. The number of hydrogen-bond acceptors (Lipinski definition) is 3. The lowest BCUT2D eigenvalue weighted by Gasteiger charge is -2.41. The van der Waals surface area contributed by atoms with Crippen LogP contribution in [0.15, 0.2) is 60.7 Å². The molecule has 1 amide bonds. The fraction of sp³-hybridized carbons (Fsp3) is 0.458. The van der Waals surface area contributed by atoms with E-state index in [9.17, 15) is 9.90 Å². The average molecular weight is 381 g/mol. The molecule has 2 aromatic rings. The highest BCUT2D eigenvalue weighted by Gasteiger charge is 2.31. The largest absolute Gasteiger partial charge is 0.387 e. The minimum Gasteiger partial charge on any atom is -0.387 e. The molecule has 2 aromatic carbocycles. The average Bonchev–Trinajstić information content (AvgIpc) is 2.75. The summed E-state index contributed by atoms with van der Waals surface area (Å²) in [6.45, 7) is 6.64. The Morgan fingerprint density at radius 2 is 1.79 bits per heavy atom. The molecule has 0 spiro atoms. The van der Waals surface area contributed by atoms with Crippen molar-refractivity contribution in [1.29, 1.82) is 0 Å². The van der Waals surface area contributed by atoms with Crippen LogP contribution in [-0.4, -0.2) is 41.6 Å². The van der Waals surface area contributed by atoms with E-state index in [1.807, 2.05) is 72.5 Å². The highest BCUT2D eigenvalue weighted by Crippen LogP contribution is 2.28. The number of nitrogens with zero attached hydrogens (tertiary/aromatic N) is 2. The molecule has 3 rings (SSSR count). The van der Waals surface area contributed by atoms with Gasteiger partial charge in [-0.2, -0.15) is 0 Å². The van der Waals surface area contributed by atoms with E-state index in [0.29, 0.717) is 18.9 Å². The Labute approximate surface area is 168 Å². The number of aliphatic hydroxyl groups excluding tert-OH is 1. The first-order valence-electron chi connectivity index (χ1n) is 10.4. The normalized spacial score (nSPS) is 19.8. The number of carbonyl (C=O) groups excluding carboxylic acids is 1. The number of benzene rings is 2. The smallest absolute Gasteiger partial charge is 0.226 e. The van der Waals surface area contributed by atoms with Gasteiger partial charge in [-0.05, 0) is 49.9 Å². The van der Waals surface area contributed by atoms with Crippen LogP contribution in [0.5, 0.6) is 0 Å². The van der Waals surface area contributed by atoms with Gasteiger partial charge in [0.2, 0.25) is 5.91 Å². The lowest BCUT2D eigenvalue weighted by molar-refractivity contribution is -0.119. The second-order valence-electron chi connectivity index (χ2n) is 7.78. The standard InChI is InChI=1S/C24H32N2O2/c1-3-24(28)26(22-14-8-5-9-15-22)19(2)21-13-10-16-25(17-21)18-23(27)20-11-6-4-7-12-20/h4-9,11-12,14-15,19,21,23,27H,3,10,13,16-18H2,1-2H3/t19-,21-,23-/m0/s1. The van der Waals surface area contributed by atoms with Gasteiger partial charge in [0, 0.05) is 31.2 Å². The highest BCUT2D eigenvalue weighted by atomic mass is 16.3. The Balaban J connectivity index is 1.68. The van der Waals surface area contributed by atoms with Gasteiger partial charge in [-0.3, -0.25) is 4.79 Å². The third-order valence-corrected chi connectivity index (χ3v) is 5.85. The molecule has 0 saturated carbocycles. The van der Waals surface area contributed by atoms with Crippen molar-refractivity contribution in [2.75, 3.05) is 24.5 Å². The summed E-state index contributed by atoms with van der Waals surface area (Å²) in [6.07, 6.45) is 2.24. The van der Waals surface area contributed by atoms with Crippen molar-refractivity contribution < 1.29 is 9.90 Å². The van der Waals surface area contributed by atoms with Gasteiger partial charge in [0.1, 0.15) is 0 Å². The van der Waals surface area contributed by atoms with Crippen LogP contribution in [0.4, 0.5) is 5.69 Å². The molecule has 1 saturated heterocycles. The molecule has 1 N–H and O–H groups in total. The number of anilines is 1. The van der Waals surface area contributed by atoms with E-state index in [1.54, 1.807) is 0 Å². The van der Waals surface area contributed by atoms with Gasteiger partial charge in [0.15, 0.2) is 0 Å². The van der Waals surface area contributed by atoms with E-state index in [0.717, 1.165) is 37.2 Å². The fourth-order valence-corrected chi connectivity index (χ4v) is 4.25. The van der Waals surface area contributed by atoms with Gasteiger partial charge < -0.3 is 14.9 Å². The summed E-state index contributed by atoms with van der Waals surface area (Å²) in [4.78, 5) is 17.0. The van der Waals surface area contributed by atoms with Crippen molar-refractivity contribution in [2.45, 2.75) is 45.3 Å². The number of aliphatic hydroxyl groups is 1. The Bertz CT molecular complexity index is 735. The SMILES string of the molecule is CCC(=O)N(c1ccccc1)[C@@H](C)[C@H]1CCCN(C[C@H](O)c2ccccc2)C1. The number of piperidine rings is 1. The molecular weight excluding hydrogens is 348 g/mol. The first kappa shape index (κ1) is 20.6. The molecule has 150 valence electrons. The summed E-state index contributed by atoms with van der Waals surface area (Å²) < 4.78 is 0. The van der Waals surface area contributed by atoms with E-state index in [2.05, 4.69) is 11.8 Å². The molecule has 1 aliphatic rings. The summed E-state index contributed by atoms with van der Waals surface area (Å²) in [5, 5.41) is 10.6. The minimum atomic E-state index is -0.474. The third kappa shape index (κ3) is 5.00. The molecule has 0 aliphatic carbocycles. The first-order chi connectivity index (χ1) is 13.6. The third-order valence-electron chi connectivity index (χ3n) is 5.85. The van der Waals surface area contributed by atoms with Crippen molar-refractivity contribution in [3.05, 3.63) is 66.2 Å². The van der Waals surface area contributed by atoms with Crippen LogP contribution < -0.4 is 4.90 Å². The number of amides is 1. The number of carbonyl (C=O) groups is 1. The van der Waals surface area contributed by atoms with E-state index in [4.69, 9.17) is 0 Å². The summed E-state index contributed by atoms with van der Waals surface area (Å²) in [6, 6.07) is 20.0. The van der Waals surface area contributed by atoms with Gasteiger partial charge in [-0.25, -0.2) is 0 Å². The number of likely N-dealkylation sites (tertiary alicyclic amines) is 1. The molecule has 1 aliphatic heterocycles. The summed E-state index contributed by atoms with van der Waals surface area (Å²) in [7, 11) is 0. The lowest BCUT2D eigenvalue weighted by atomic mass is 9.89. The van der Waals surface area contributed by atoms with Gasteiger partial charge in [0.25, 0.3) is 0 Å². The van der Waals surface area contributed by atoms with E-state index < -0.39 is 6.10 Å². The van der Waals surface area contributed by atoms with E-state index >= 15 is 0 Å². The monoisotopic (exact) mass is 380 g/mol. The van der Waals surface area contributed by atoms with Gasteiger partial charge in [-0.1, -0.05) is 55.5 Å². The molecule has 4 nitrogen and oxygen atoms in total. The number of para-hydroxylation sites is 1. The quantitative estimate of drug-likeness (QED) is 0.780. The molecule has 0 radical (unpaired) electrons. The van der Waals surface area contributed by atoms with E-state index in [-0.39, 0.29) is 11.9 Å². The topological polar surface area (TPSA) is 43.8 Å². The van der Waals surface area contributed by atoms with Crippen LogP contribution >= 0.6 is 0 Å². The van der Waals surface area contributed by atoms with Crippen LogP contribution in [0.2, 0.25) is 0 Å². The molecule has 0 unspecified atom stereocenters. The Hall–Kier alpha value is -2.17. The number of β-amino-alcohol motifs (C(OH)–C–C–N with tert-alkyl or cyclic N) is 1. The molecule has 4 heteroatoms. The maximum Gasteiger partial charge on any atom is 0.226 e. The fourth-order valence-electron chi connectivity index (χ4n) is 4.25. The molecule has 28 heavy (non-hydrogen) atoms. The molecular formula is C24H32N2O2. The summed E-state index contributed by atoms with van der Waals surface area (Å²) in [5.41, 5.74) is 1.94. The Kier molecular flexibility index (Phi) is 7.24. The van der Waals surface area contributed by atoms with Crippen molar-refractivity contribution in [3.63, 3.8) is 0 Å². The maximum atomic E-state index is 12.7. The van der Waals surface area contributed by atoms with Gasteiger partial charge >= 0.3 is 0 Å². The molecule has 0 bridgehead atoms. The molecule has 3 atom stereocenters. The first-order valence-corrected chi connectivity index (χ1v) is 10.4. The van der Waals surface area contributed by atoms with Crippen molar-refractivity contribution in [1.82, 2.24) is 4.90 Å². The zero-order valence-electron chi connectivity index (χ0n) is 17.0. The molecule has 1 heterocycles. The summed E-state index contributed by atoms with van der Waals surface area (Å²) in [5.74, 6) is 0.563. The minimum absolute atomic E-state index is 0.131. The Morgan fingerprint density at radius 3 is 2.43 bits per heavy atom. The van der Waals surface area contributed by atoms with E-state index in [1.165, 1.54) is 0 Å². The van der Waals surface area contributed by atoms with Gasteiger partial charge in [0.05, 0.1) is 6.10 Å². The van der Waals surface area contributed by atoms with Crippen LogP contribution in [0.1, 0.15) is 44.8 Å². The van der Waals surface area contributed by atoms with Crippen molar-refractivity contribution in [2.24, 2.45) is 5.92 Å². The second-order valence-corrected chi connectivity index (χ2v) is 7.78. The van der Waals surface area contributed by atoms with Crippen molar-refractivity contribution in [3.8, 4) is 0 Å². The Morgan fingerprint density at radius 1 is 1.14 bits per heavy atom. The van der Waals surface area contributed by atoms with Gasteiger partial charge in [-0.15, -0.1) is 0 Å².